The second kappa shape index (κ2) is 9.39. The minimum absolute atomic E-state index is 0.195. The lowest BCUT2D eigenvalue weighted by molar-refractivity contribution is -0.151. The quantitative estimate of drug-likeness (QED) is 0.497. The van der Waals surface area contributed by atoms with Gasteiger partial charge < -0.3 is 18.9 Å². The second-order valence-electron chi connectivity index (χ2n) is 9.93. The van der Waals surface area contributed by atoms with Gasteiger partial charge in [-0.15, -0.1) is 0 Å². The fraction of sp³-hybridized carbons (Fsp3) is 0.640. The van der Waals surface area contributed by atoms with E-state index in [4.69, 9.17) is 18.9 Å². The van der Waals surface area contributed by atoms with Gasteiger partial charge in [-0.3, -0.25) is 0 Å². The highest BCUT2D eigenvalue weighted by Gasteiger charge is 2.50. The highest BCUT2D eigenvalue weighted by atomic mass is 19.1. The predicted molar refractivity (Wildman–Crippen MR) is 114 cm³/mol. The molecule has 3 fully saturated rings. The molecule has 0 spiro atoms. The van der Waals surface area contributed by atoms with Crippen LogP contribution < -0.4 is 0 Å². The summed E-state index contributed by atoms with van der Waals surface area (Å²) >= 11 is 0. The van der Waals surface area contributed by atoms with Crippen LogP contribution in [-0.2, 0) is 30.3 Å². The van der Waals surface area contributed by atoms with Crippen LogP contribution in [0, 0.1) is 11.3 Å². The van der Waals surface area contributed by atoms with Crippen molar-refractivity contribution in [3.05, 3.63) is 47.3 Å². The molecule has 0 aromatic heterocycles. The van der Waals surface area contributed by atoms with Gasteiger partial charge in [-0.2, -0.15) is 4.39 Å². The summed E-state index contributed by atoms with van der Waals surface area (Å²) < 4.78 is 37.8. The molecule has 2 aliphatic heterocycles. The van der Waals surface area contributed by atoms with Crippen LogP contribution in [0.4, 0.5) is 4.39 Å². The van der Waals surface area contributed by atoms with Gasteiger partial charge in [0, 0.05) is 0 Å². The summed E-state index contributed by atoms with van der Waals surface area (Å²) in [5, 5.41) is 0. The zero-order valence-electron chi connectivity index (χ0n) is 18.6. The van der Waals surface area contributed by atoms with E-state index in [0.717, 1.165) is 18.4 Å². The summed E-state index contributed by atoms with van der Waals surface area (Å²) in [5.74, 6) is -1.08. The Morgan fingerprint density at radius 1 is 1.03 bits per heavy atom. The summed E-state index contributed by atoms with van der Waals surface area (Å²) in [5.41, 5.74) is 1.86. The molecule has 0 amide bonds. The third-order valence-corrected chi connectivity index (χ3v) is 6.83. The van der Waals surface area contributed by atoms with Crippen molar-refractivity contribution in [3.8, 4) is 0 Å². The largest absolute Gasteiger partial charge is 0.452 e. The van der Waals surface area contributed by atoms with Crippen LogP contribution in [0.3, 0.4) is 0 Å². The molecule has 0 N–H and O–H groups in total. The van der Waals surface area contributed by atoms with Crippen LogP contribution >= 0.6 is 0 Å². The Morgan fingerprint density at radius 2 is 1.65 bits per heavy atom. The maximum absolute atomic E-state index is 14.8. The van der Waals surface area contributed by atoms with Gasteiger partial charge in [-0.25, -0.2) is 4.79 Å². The molecule has 4 rings (SSSR count). The van der Waals surface area contributed by atoms with E-state index in [1.807, 2.05) is 30.3 Å². The third kappa shape index (κ3) is 5.18. The van der Waals surface area contributed by atoms with Gasteiger partial charge in [-0.1, -0.05) is 51.1 Å². The number of ether oxygens (including phenoxy) is 4. The molecule has 0 unspecified atom stereocenters. The molecular weight excluding hydrogens is 399 g/mol. The first kappa shape index (κ1) is 22.4. The molecule has 3 aliphatic rings. The summed E-state index contributed by atoms with van der Waals surface area (Å²) in [4.78, 5) is 12.5. The first-order valence-corrected chi connectivity index (χ1v) is 11.3. The van der Waals surface area contributed by atoms with Gasteiger partial charge in [0.25, 0.3) is 0 Å². The number of allylic oxidation sites excluding steroid dienone is 1. The van der Waals surface area contributed by atoms with E-state index in [0.29, 0.717) is 37.5 Å². The average molecular weight is 433 g/mol. The predicted octanol–water partition coefficient (Wildman–Crippen LogP) is 4.74. The average Bonchev–Trinajstić information content (AvgIpc) is 3.35. The molecule has 5 nitrogen and oxygen atoms in total. The van der Waals surface area contributed by atoms with Crippen LogP contribution in [0.2, 0.25) is 0 Å². The van der Waals surface area contributed by atoms with Crippen molar-refractivity contribution in [3.63, 3.8) is 0 Å². The van der Waals surface area contributed by atoms with Crippen molar-refractivity contribution in [1.29, 1.82) is 0 Å². The van der Waals surface area contributed by atoms with Crippen LogP contribution in [0.5, 0.6) is 0 Å². The molecule has 1 aromatic carbocycles. The fourth-order valence-electron chi connectivity index (χ4n) is 4.84. The molecule has 170 valence electrons. The van der Waals surface area contributed by atoms with Crippen molar-refractivity contribution in [2.24, 2.45) is 11.3 Å². The Balaban J connectivity index is 1.29. The van der Waals surface area contributed by atoms with E-state index < -0.39 is 24.0 Å². The summed E-state index contributed by atoms with van der Waals surface area (Å²) in [6, 6.07) is 9.89. The highest BCUT2D eigenvalue weighted by molar-refractivity contribution is 5.87. The maximum atomic E-state index is 14.8. The molecule has 0 bridgehead atoms. The number of benzene rings is 1. The van der Waals surface area contributed by atoms with Crippen molar-refractivity contribution >= 4 is 5.97 Å². The van der Waals surface area contributed by atoms with Crippen LogP contribution in [0.15, 0.2) is 41.7 Å². The van der Waals surface area contributed by atoms with Crippen LogP contribution in [0.1, 0.15) is 52.0 Å². The molecule has 2 heterocycles. The van der Waals surface area contributed by atoms with Crippen molar-refractivity contribution in [2.75, 3.05) is 13.2 Å². The van der Waals surface area contributed by atoms with E-state index >= 15 is 0 Å². The Bertz CT molecular complexity index is 790. The minimum atomic E-state index is -0.893. The minimum Gasteiger partial charge on any atom is -0.452 e. The molecule has 1 saturated carbocycles. The van der Waals surface area contributed by atoms with E-state index in [2.05, 4.69) is 20.8 Å². The molecule has 2 saturated heterocycles. The number of carbonyl (C=O) groups is 1. The van der Waals surface area contributed by atoms with Crippen LogP contribution in [0.25, 0.3) is 0 Å². The number of hydrogen-bond acceptors (Lipinski definition) is 5. The van der Waals surface area contributed by atoms with Gasteiger partial charge in [0.1, 0.15) is 18.3 Å². The Labute approximate surface area is 183 Å². The van der Waals surface area contributed by atoms with E-state index in [9.17, 15) is 9.18 Å². The Hall–Kier alpha value is -1.76. The molecule has 1 aromatic rings. The zero-order valence-corrected chi connectivity index (χ0v) is 18.6. The van der Waals surface area contributed by atoms with E-state index in [-0.39, 0.29) is 24.2 Å². The SMILES string of the molecule is CC(C)(C)C1CCC(=C(F)C(=O)O[C@@H]2CO[C@H]3[C@@H]2OC[C@H]3OCc2ccccc2)CC1. The fourth-order valence-corrected chi connectivity index (χ4v) is 4.84. The van der Waals surface area contributed by atoms with Crippen LogP contribution in [-0.4, -0.2) is 43.6 Å². The Morgan fingerprint density at radius 3 is 2.29 bits per heavy atom. The molecule has 0 radical (unpaired) electrons. The first-order chi connectivity index (χ1) is 14.8. The van der Waals surface area contributed by atoms with E-state index in [1.54, 1.807) is 0 Å². The van der Waals surface area contributed by atoms with Crippen molar-refractivity contribution < 1.29 is 28.1 Å². The summed E-state index contributed by atoms with van der Waals surface area (Å²) in [7, 11) is 0. The molecule has 4 atom stereocenters. The number of rotatable bonds is 5. The summed E-state index contributed by atoms with van der Waals surface area (Å²) in [6.07, 6.45) is 1.47. The monoisotopic (exact) mass is 432 g/mol. The number of fused-ring (bicyclic) bond motifs is 1. The van der Waals surface area contributed by atoms with Crippen molar-refractivity contribution in [1.82, 2.24) is 0 Å². The maximum Gasteiger partial charge on any atom is 0.367 e. The Kier molecular flexibility index (Phi) is 6.80. The van der Waals surface area contributed by atoms with Gasteiger partial charge in [0.15, 0.2) is 6.10 Å². The zero-order chi connectivity index (χ0) is 22.0. The molecule has 6 heteroatoms. The second-order valence-corrected chi connectivity index (χ2v) is 9.93. The normalized spacial score (nSPS) is 30.8. The number of carbonyl (C=O) groups excluding carboxylic acids is 1. The number of halogens is 1. The molecule has 1 aliphatic carbocycles. The standard InChI is InChI=1S/C25H33FO5/c1-25(2,3)18-11-9-17(10-12-18)21(26)24(27)31-20-15-30-22-19(14-29-23(20)22)28-13-16-7-5-4-6-8-16/h4-8,18-20,22-23H,9-15H2,1-3H3/t18?,19-,20-,22-,23-/m1/s1. The highest BCUT2D eigenvalue weighted by Crippen LogP contribution is 2.41. The number of hydrogen-bond donors (Lipinski definition) is 0. The van der Waals surface area contributed by atoms with Gasteiger partial charge in [0.2, 0.25) is 5.83 Å². The summed E-state index contributed by atoms with van der Waals surface area (Å²) in [6.45, 7) is 7.67. The smallest absolute Gasteiger partial charge is 0.367 e. The molecular formula is C25H33FO5. The van der Waals surface area contributed by atoms with Crippen molar-refractivity contribution in [2.45, 2.75) is 77.5 Å². The lowest BCUT2D eigenvalue weighted by Crippen LogP contribution is -2.35. The lowest BCUT2D eigenvalue weighted by Gasteiger charge is -2.34. The topological polar surface area (TPSA) is 54.0 Å². The van der Waals surface area contributed by atoms with Gasteiger partial charge in [0.05, 0.1) is 19.8 Å². The number of esters is 1. The van der Waals surface area contributed by atoms with Gasteiger partial charge >= 0.3 is 5.97 Å². The first-order valence-electron chi connectivity index (χ1n) is 11.3. The molecule has 31 heavy (non-hydrogen) atoms. The van der Waals surface area contributed by atoms with E-state index in [1.165, 1.54) is 0 Å². The third-order valence-electron chi connectivity index (χ3n) is 6.83. The van der Waals surface area contributed by atoms with Gasteiger partial charge in [-0.05, 0) is 48.2 Å². The lowest BCUT2D eigenvalue weighted by atomic mass is 9.71.